The Morgan fingerprint density at radius 1 is 0.400 bits per heavy atom. The van der Waals surface area contributed by atoms with Gasteiger partial charge in [0.25, 0.3) is 0 Å². The van der Waals surface area contributed by atoms with Gasteiger partial charge in [-0.05, 0) is 140 Å². The number of hydrogen-bond acceptors (Lipinski definition) is 0. The largest absolute Gasteiger partial charge is 0.0619 e. The third-order valence-corrected chi connectivity index (χ3v) is 11.0. The van der Waals surface area contributed by atoms with Crippen molar-refractivity contribution in [3.05, 3.63) is 119 Å². The van der Waals surface area contributed by atoms with Gasteiger partial charge in [0.15, 0.2) is 0 Å². The monoisotopic (exact) mass is 580 g/mol. The van der Waals surface area contributed by atoms with Crippen LogP contribution in [0.3, 0.4) is 0 Å². The first-order chi connectivity index (χ1) is 21.3. The maximum absolute atomic E-state index is 2.52. The molecule has 0 nitrogen and oxygen atoms in total. The molecule has 0 spiro atoms. The van der Waals surface area contributed by atoms with Crippen molar-refractivity contribution in [1.29, 1.82) is 0 Å². The van der Waals surface area contributed by atoms with Crippen LogP contribution in [0.1, 0.15) is 77.6 Å². The highest BCUT2D eigenvalue weighted by Gasteiger charge is 2.37. The maximum atomic E-state index is 2.52. The van der Waals surface area contributed by atoms with Crippen LogP contribution < -0.4 is 0 Å². The highest BCUT2D eigenvalue weighted by molar-refractivity contribution is 6.32. The summed E-state index contributed by atoms with van der Waals surface area (Å²) in [6.07, 6.45) is 0. The lowest BCUT2D eigenvalue weighted by molar-refractivity contribution is 0.569. The SMILES string of the molecule is CC(C)(C)c1cc(-c2cc3ccc4ccc5c6c(cc(c2)c3c46)-c2cc3c(cc2-5)C(C)(C)c2ccccc2-3)cc(C(C)(C)C)c1. The van der Waals surface area contributed by atoms with E-state index in [1.807, 2.05) is 0 Å². The van der Waals surface area contributed by atoms with Gasteiger partial charge in [0, 0.05) is 5.41 Å². The van der Waals surface area contributed by atoms with Crippen molar-refractivity contribution in [2.75, 3.05) is 0 Å². The smallest absolute Gasteiger partial charge is 0.0159 e. The molecule has 0 heteroatoms. The summed E-state index contributed by atoms with van der Waals surface area (Å²) in [5.74, 6) is 0. The van der Waals surface area contributed by atoms with Crippen LogP contribution in [0.25, 0.3) is 76.8 Å². The van der Waals surface area contributed by atoms with Gasteiger partial charge in [-0.2, -0.15) is 0 Å². The second-order valence-corrected chi connectivity index (χ2v) is 16.3. The predicted octanol–water partition coefficient (Wildman–Crippen LogP) is 12.8. The topological polar surface area (TPSA) is 0 Å². The zero-order chi connectivity index (χ0) is 31.2. The molecule has 0 atom stereocenters. The van der Waals surface area contributed by atoms with Crippen LogP contribution in [0, 0.1) is 0 Å². The Kier molecular flexibility index (Phi) is 5.05. The highest BCUT2D eigenvalue weighted by atomic mass is 14.4. The van der Waals surface area contributed by atoms with Crippen LogP contribution in [0.2, 0.25) is 0 Å². The minimum absolute atomic E-state index is 0.0107. The van der Waals surface area contributed by atoms with Crippen LogP contribution in [0.5, 0.6) is 0 Å². The summed E-state index contributed by atoms with van der Waals surface area (Å²) in [6.45, 7) is 18.7. The van der Waals surface area contributed by atoms with Gasteiger partial charge in [-0.1, -0.05) is 122 Å². The lowest BCUT2D eigenvalue weighted by atomic mass is 9.78. The van der Waals surface area contributed by atoms with E-state index in [9.17, 15) is 0 Å². The molecule has 220 valence electrons. The van der Waals surface area contributed by atoms with Gasteiger partial charge in [0.2, 0.25) is 0 Å². The molecule has 0 saturated heterocycles. The van der Waals surface area contributed by atoms with Crippen molar-refractivity contribution in [2.45, 2.75) is 71.6 Å². The molecule has 0 fully saturated rings. The van der Waals surface area contributed by atoms with Crippen molar-refractivity contribution < 1.29 is 0 Å². The fraction of sp³-hybridized carbons (Fsp3) is 0.244. The van der Waals surface area contributed by atoms with E-state index >= 15 is 0 Å². The minimum atomic E-state index is -0.0107. The van der Waals surface area contributed by atoms with Crippen molar-refractivity contribution in [1.82, 2.24) is 0 Å². The third-order valence-electron chi connectivity index (χ3n) is 11.0. The number of benzene rings is 7. The number of hydrogen-bond donors (Lipinski definition) is 0. The van der Waals surface area contributed by atoms with E-state index < -0.39 is 0 Å². The average Bonchev–Trinajstić information content (AvgIpc) is 3.43. The van der Waals surface area contributed by atoms with E-state index in [0.29, 0.717) is 0 Å². The molecule has 0 aromatic heterocycles. The summed E-state index contributed by atoms with van der Waals surface area (Å²) < 4.78 is 0. The van der Waals surface area contributed by atoms with Gasteiger partial charge in [0.05, 0.1) is 0 Å². The van der Waals surface area contributed by atoms with E-state index in [1.165, 1.54) is 99.1 Å². The van der Waals surface area contributed by atoms with Gasteiger partial charge in [-0.3, -0.25) is 0 Å². The molecule has 0 amide bonds. The molecule has 2 aliphatic rings. The second-order valence-electron chi connectivity index (χ2n) is 16.3. The summed E-state index contributed by atoms with van der Waals surface area (Å²) in [6, 6.07) is 38.1. The molecule has 0 aliphatic heterocycles. The first kappa shape index (κ1) is 26.9. The van der Waals surface area contributed by atoms with Crippen molar-refractivity contribution in [3.8, 4) is 44.5 Å². The molecule has 0 heterocycles. The molecular formula is C45H40. The summed E-state index contributed by atoms with van der Waals surface area (Å²) in [7, 11) is 0. The fourth-order valence-electron chi connectivity index (χ4n) is 8.39. The molecule has 0 bridgehead atoms. The molecule has 0 unspecified atom stereocenters. The Morgan fingerprint density at radius 3 is 1.76 bits per heavy atom. The molecule has 45 heavy (non-hydrogen) atoms. The molecule has 0 radical (unpaired) electrons. The lowest BCUT2D eigenvalue weighted by Crippen LogP contribution is -2.16. The minimum Gasteiger partial charge on any atom is -0.0619 e. The number of fused-ring (bicyclic) bond motifs is 6. The van der Waals surface area contributed by atoms with Gasteiger partial charge in [-0.25, -0.2) is 0 Å². The first-order valence-electron chi connectivity index (χ1n) is 16.5. The van der Waals surface area contributed by atoms with Gasteiger partial charge in [0.1, 0.15) is 0 Å². The predicted molar refractivity (Wildman–Crippen MR) is 195 cm³/mol. The summed E-state index contributed by atoms with van der Waals surface area (Å²) in [4.78, 5) is 0. The van der Waals surface area contributed by atoms with Crippen molar-refractivity contribution in [3.63, 3.8) is 0 Å². The molecule has 7 aromatic carbocycles. The normalized spacial score (nSPS) is 14.8. The standard InChI is InChI=1S/C45H40/c1-43(2,3)30-19-28(20-31(22-30)44(4,5)6)27-17-26-14-13-25-15-16-33-35-24-39-36(32-11-9-10-12-38(32)45(39,7)8)23-34(35)37-21-29(18-27)40(26)41(25)42(33)37/h9-24H,1-8H3. The number of rotatable bonds is 1. The van der Waals surface area contributed by atoms with E-state index in [2.05, 4.69) is 152 Å². The molecule has 2 aliphatic carbocycles. The Bertz CT molecular complexity index is 2370. The third kappa shape index (κ3) is 3.60. The maximum Gasteiger partial charge on any atom is 0.0159 e. The zero-order valence-corrected chi connectivity index (χ0v) is 27.7. The Hall–Kier alpha value is -4.42. The molecule has 7 aromatic rings. The average molecular weight is 581 g/mol. The summed E-state index contributed by atoms with van der Waals surface area (Å²) in [5.41, 5.74) is 16.7. The Balaban J connectivity index is 1.33. The highest BCUT2D eigenvalue weighted by Crippen LogP contribution is 2.57. The molecule has 0 saturated carbocycles. The zero-order valence-electron chi connectivity index (χ0n) is 27.7. The Labute approximate surface area is 267 Å². The summed E-state index contributed by atoms with van der Waals surface area (Å²) in [5, 5.41) is 8.22. The van der Waals surface area contributed by atoms with Crippen LogP contribution in [-0.2, 0) is 16.2 Å². The van der Waals surface area contributed by atoms with Gasteiger partial charge < -0.3 is 0 Å². The second kappa shape index (κ2) is 8.43. The summed E-state index contributed by atoms with van der Waals surface area (Å²) >= 11 is 0. The van der Waals surface area contributed by atoms with Crippen LogP contribution in [0.15, 0.2) is 97.1 Å². The van der Waals surface area contributed by atoms with E-state index in [4.69, 9.17) is 0 Å². The lowest BCUT2D eigenvalue weighted by Gasteiger charge is -2.26. The molecule has 9 rings (SSSR count). The van der Waals surface area contributed by atoms with Crippen molar-refractivity contribution in [2.24, 2.45) is 0 Å². The van der Waals surface area contributed by atoms with E-state index in [1.54, 1.807) is 0 Å². The molecule has 0 N–H and O–H groups in total. The quantitative estimate of drug-likeness (QED) is 0.169. The first-order valence-corrected chi connectivity index (χ1v) is 16.5. The van der Waals surface area contributed by atoms with Crippen LogP contribution in [-0.4, -0.2) is 0 Å². The van der Waals surface area contributed by atoms with Crippen molar-refractivity contribution >= 4 is 32.3 Å². The Morgan fingerprint density at radius 2 is 1.02 bits per heavy atom. The van der Waals surface area contributed by atoms with Crippen LogP contribution in [0.4, 0.5) is 0 Å². The molecular weight excluding hydrogens is 540 g/mol. The van der Waals surface area contributed by atoms with Crippen LogP contribution >= 0.6 is 0 Å². The van der Waals surface area contributed by atoms with E-state index in [0.717, 1.165) is 0 Å². The fourth-order valence-corrected chi connectivity index (χ4v) is 8.39. The van der Waals surface area contributed by atoms with E-state index in [-0.39, 0.29) is 16.2 Å². The van der Waals surface area contributed by atoms with Gasteiger partial charge in [-0.15, -0.1) is 0 Å². The van der Waals surface area contributed by atoms with Gasteiger partial charge >= 0.3 is 0 Å².